The molecule has 0 spiro atoms. The summed E-state index contributed by atoms with van der Waals surface area (Å²) in [5.41, 5.74) is -0.869. The van der Waals surface area contributed by atoms with Crippen LogP contribution in [0.5, 0.6) is 5.75 Å². The fourth-order valence-electron chi connectivity index (χ4n) is 4.56. The molecule has 0 aliphatic heterocycles. The fourth-order valence-corrected chi connectivity index (χ4v) is 5.59. The maximum absolute atomic E-state index is 13.0. The third-order valence-corrected chi connectivity index (χ3v) is 7.77. The Morgan fingerprint density at radius 1 is 1.25 bits per heavy atom. The summed E-state index contributed by atoms with van der Waals surface area (Å²) in [6.07, 6.45) is 13.6. The minimum absolute atomic E-state index is 0.211. The third kappa shape index (κ3) is 7.95. The number of rotatable bonds is 11. The summed E-state index contributed by atoms with van der Waals surface area (Å²) >= 11 is 1.65. The summed E-state index contributed by atoms with van der Waals surface area (Å²) in [5, 5.41) is 21.2. The molecule has 194 valence electrons. The van der Waals surface area contributed by atoms with Crippen molar-refractivity contribution in [1.29, 1.82) is 0 Å². The number of aromatic hydroxyl groups is 1. The van der Waals surface area contributed by atoms with Crippen molar-refractivity contribution in [2.75, 3.05) is 0 Å². The average Bonchev–Trinajstić information content (AvgIpc) is 3.29. The number of hydrogen-bond donors (Lipinski definition) is 3. The molecule has 0 saturated heterocycles. The first-order valence-corrected chi connectivity index (χ1v) is 13.4. The number of carbonyl (C=O) groups is 2. The SMILES string of the molecule is CC(=Cc1ccc(CCC2CCCCC2)s1)C(=O)c1c(O)cc(C(C)CCC=CNC(=O)O)oc1=O. The molecule has 0 bridgehead atoms. The van der Waals surface area contributed by atoms with E-state index in [9.17, 15) is 19.5 Å². The van der Waals surface area contributed by atoms with Gasteiger partial charge in [0, 0.05) is 27.9 Å². The van der Waals surface area contributed by atoms with E-state index in [1.165, 1.54) is 55.7 Å². The molecule has 1 amide bonds. The van der Waals surface area contributed by atoms with Crippen LogP contribution in [0.3, 0.4) is 0 Å². The lowest BCUT2D eigenvalue weighted by molar-refractivity contribution is 0.102. The van der Waals surface area contributed by atoms with E-state index in [2.05, 4.69) is 11.4 Å². The van der Waals surface area contributed by atoms with Gasteiger partial charge in [-0.25, -0.2) is 9.59 Å². The number of allylic oxidation sites excluding steroid dienone is 2. The van der Waals surface area contributed by atoms with E-state index in [-0.39, 0.29) is 17.2 Å². The van der Waals surface area contributed by atoms with Gasteiger partial charge < -0.3 is 14.6 Å². The van der Waals surface area contributed by atoms with Gasteiger partial charge in [0.1, 0.15) is 17.1 Å². The second-order valence-electron chi connectivity index (χ2n) is 9.53. The summed E-state index contributed by atoms with van der Waals surface area (Å²) in [6.45, 7) is 3.46. The number of carboxylic acid groups (broad SMARTS) is 1. The van der Waals surface area contributed by atoms with Gasteiger partial charge in [-0.15, -0.1) is 11.3 Å². The molecular formula is C28H35NO6S. The smallest absolute Gasteiger partial charge is 0.408 e. The Morgan fingerprint density at radius 2 is 2.00 bits per heavy atom. The van der Waals surface area contributed by atoms with Crippen molar-refractivity contribution >= 4 is 29.3 Å². The monoisotopic (exact) mass is 513 g/mol. The van der Waals surface area contributed by atoms with Crippen LogP contribution in [0.4, 0.5) is 4.79 Å². The Hall–Kier alpha value is -3.13. The van der Waals surface area contributed by atoms with E-state index in [0.717, 1.165) is 17.2 Å². The molecule has 1 saturated carbocycles. The molecule has 3 rings (SSSR count). The van der Waals surface area contributed by atoms with Crippen LogP contribution in [0.15, 0.2) is 45.3 Å². The fraction of sp³-hybridized carbons (Fsp3) is 0.464. The maximum atomic E-state index is 13.0. The van der Waals surface area contributed by atoms with Crippen LogP contribution in [-0.2, 0) is 6.42 Å². The Labute approximate surface area is 215 Å². The number of ketones is 1. The molecule has 1 aliphatic rings. The second-order valence-corrected chi connectivity index (χ2v) is 10.7. The van der Waals surface area contributed by atoms with Gasteiger partial charge in [-0.05, 0) is 62.3 Å². The van der Waals surface area contributed by atoms with Gasteiger partial charge in [-0.2, -0.15) is 0 Å². The zero-order valence-electron chi connectivity index (χ0n) is 20.9. The highest BCUT2D eigenvalue weighted by Crippen LogP contribution is 2.30. The Morgan fingerprint density at radius 3 is 2.69 bits per heavy atom. The molecule has 3 N–H and O–H groups in total. The largest absolute Gasteiger partial charge is 0.507 e. The molecule has 0 radical (unpaired) electrons. The van der Waals surface area contributed by atoms with Crippen molar-refractivity contribution in [2.45, 2.75) is 77.6 Å². The van der Waals surface area contributed by atoms with Crippen molar-refractivity contribution in [3.8, 4) is 5.75 Å². The summed E-state index contributed by atoms with van der Waals surface area (Å²) in [5.74, 6) is -0.0665. The van der Waals surface area contributed by atoms with Gasteiger partial charge in [-0.1, -0.05) is 45.1 Å². The Bertz CT molecular complexity index is 1170. The minimum atomic E-state index is -1.14. The van der Waals surface area contributed by atoms with Crippen molar-refractivity contribution in [2.24, 2.45) is 5.92 Å². The van der Waals surface area contributed by atoms with E-state index in [1.54, 1.807) is 30.4 Å². The number of Topliss-reactive ketones (excluding diaryl/α,β-unsaturated/α-hetero) is 1. The third-order valence-electron chi connectivity index (χ3n) is 6.68. The van der Waals surface area contributed by atoms with Crippen molar-refractivity contribution in [3.63, 3.8) is 0 Å². The lowest BCUT2D eigenvalue weighted by Crippen LogP contribution is -2.16. The van der Waals surface area contributed by atoms with Crippen molar-refractivity contribution < 1.29 is 24.2 Å². The molecule has 1 atom stereocenters. The summed E-state index contributed by atoms with van der Waals surface area (Å²) < 4.78 is 5.37. The number of thiophene rings is 1. The zero-order valence-corrected chi connectivity index (χ0v) is 21.7. The van der Waals surface area contributed by atoms with Crippen LogP contribution < -0.4 is 10.9 Å². The number of aryl methyl sites for hydroxylation is 1. The number of carbonyl (C=O) groups excluding carboxylic acids is 1. The number of nitrogens with one attached hydrogen (secondary N) is 1. The molecule has 8 heteroatoms. The van der Waals surface area contributed by atoms with Gasteiger partial charge in [0.2, 0.25) is 0 Å². The van der Waals surface area contributed by atoms with E-state index in [4.69, 9.17) is 9.52 Å². The van der Waals surface area contributed by atoms with Gasteiger partial charge >= 0.3 is 11.7 Å². The molecule has 2 heterocycles. The van der Waals surface area contributed by atoms with Gasteiger partial charge in [0.25, 0.3) is 0 Å². The second kappa shape index (κ2) is 13.3. The number of amides is 1. The molecule has 0 aromatic carbocycles. The molecule has 1 aliphatic carbocycles. The molecule has 7 nitrogen and oxygen atoms in total. The Kier molecular flexibility index (Phi) is 10.1. The minimum Gasteiger partial charge on any atom is -0.507 e. The van der Waals surface area contributed by atoms with Crippen LogP contribution in [0.25, 0.3) is 6.08 Å². The molecule has 1 fully saturated rings. The highest BCUT2D eigenvalue weighted by Gasteiger charge is 2.22. The topological polar surface area (TPSA) is 117 Å². The zero-order chi connectivity index (χ0) is 26.1. The van der Waals surface area contributed by atoms with Crippen LogP contribution in [0.1, 0.15) is 97.0 Å². The van der Waals surface area contributed by atoms with Crippen LogP contribution in [0, 0.1) is 5.92 Å². The highest BCUT2D eigenvalue weighted by molar-refractivity contribution is 7.12. The van der Waals surface area contributed by atoms with Crippen molar-refractivity contribution in [1.82, 2.24) is 5.32 Å². The lowest BCUT2D eigenvalue weighted by Gasteiger charge is -2.20. The molecule has 1 unspecified atom stereocenters. The lowest BCUT2D eigenvalue weighted by atomic mass is 9.86. The predicted octanol–water partition coefficient (Wildman–Crippen LogP) is 6.87. The first-order valence-electron chi connectivity index (χ1n) is 12.6. The predicted molar refractivity (Wildman–Crippen MR) is 142 cm³/mol. The first kappa shape index (κ1) is 27.5. The van der Waals surface area contributed by atoms with Crippen LogP contribution >= 0.6 is 11.3 Å². The summed E-state index contributed by atoms with van der Waals surface area (Å²) in [4.78, 5) is 38.2. The summed E-state index contributed by atoms with van der Waals surface area (Å²) in [7, 11) is 0. The molecule has 36 heavy (non-hydrogen) atoms. The number of hydrogen-bond acceptors (Lipinski definition) is 6. The standard InChI is InChI=1S/C28H35NO6S/c1-18(8-6-7-15-29-28(33)34)24-17-23(30)25(27(32)35-24)26(31)19(2)16-22-14-13-21(36-22)12-11-20-9-4-3-5-10-20/h7,13-18,20,29-30H,3-6,8-12H2,1-2H3,(H,33,34). The molecular weight excluding hydrogens is 478 g/mol. The van der Waals surface area contributed by atoms with E-state index < -0.39 is 23.3 Å². The molecule has 2 aromatic rings. The van der Waals surface area contributed by atoms with E-state index in [0.29, 0.717) is 18.4 Å². The first-order chi connectivity index (χ1) is 17.2. The quantitative estimate of drug-likeness (QED) is 0.223. The van der Waals surface area contributed by atoms with Crippen molar-refractivity contribution in [3.05, 3.63) is 67.5 Å². The normalized spacial score (nSPS) is 15.8. The van der Waals surface area contributed by atoms with Gasteiger partial charge in [-0.3, -0.25) is 10.1 Å². The maximum Gasteiger partial charge on any atom is 0.408 e. The van der Waals surface area contributed by atoms with Crippen LogP contribution in [0.2, 0.25) is 0 Å². The highest BCUT2D eigenvalue weighted by atomic mass is 32.1. The van der Waals surface area contributed by atoms with E-state index >= 15 is 0 Å². The van der Waals surface area contributed by atoms with Crippen LogP contribution in [-0.4, -0.2) is 22.1 Å². The average molecular weight is 514 g/mol. The molecule has 2 aromatic heterocycles. The van der Waals surface area contributed by atoms with Gasteiger partial charge in [0.15, 0.2) is 5.78 Å². The van der Waals surface area contributed by atoms with E-state index in [1.807, 2.05) is 13.0 Å². The van der Waals surface area contributed by atoms with Gasteiger partial charge in [0.05, 0.1) is 0 Å². The summed E-state index contributed by atoms with van der Waals surface area (Å²) in [6, 6.07) is 5.41. The Balaban J connectivity index is 1.62.